The Labute approximate surface area is 200 Å². The second-order valence-corrected chi connectivity index (χ2v) is 9.89. The second kappa shape index (κ2) is 10.6. The van der Waals surface area contributed by atoms with Gasteiger partial charge in [0.25, 0.3) is 5.91 Å². The molecule has 2 aliphatic rings. The van der Waals surface area contributed by atoms with Gasteiger partial charge in [0.15, 0.2) is 5.16 Å². The van der Waals surface area contributed by atoms with E-state index < -0.39 is 0 Å². The van der Waals surface area contributed by atoms with Crippen LogP contribution in [0.2, 0.25) is 0 Å². The van der Waals surface area contributed by atoms with Crippen molar-refractivity contribution >= 4 is 35.2 Å². The summed E-state index contributed by atoms with van der Waals surface area (Å²) in [6.07, 6.45) is 4.64. The third-order valence-corrected chi connectivity index (χ3v) is 7.34. The predicted octanol–water partition coefficient (Wildman–Crippen LogP) is 4.06. The molecule has 2 fully saturated rings. The van der Waals surface area contributed by atoms with E-state index in [1.54, 1.807) is 23.1 Å². The van der Waals surface area contributed by atoms with E-state index >= 15 is 0 Å². The van der Waals surface area contributed by atoms with Crippen LogP contribution in [0.5, 0.6) is 0 Å². The normalized spacial score (nSPS) is 16.6. The zero-order chi connectivity index (χ0) is 23.4. The minimum Gasteiger partial charge on any atom is -0.341 e. The van der Waals surface area contributed by atoms with Crippen molar-refractivity contribution in [1.29, 1.82) is 0 Å². The number of aromatic nitrogens is 3. The lowest BCUT2D eigenvalue weighted by Crippen LogP contribution is -2.34. The molecule has 1 aliphatic carbocycles. The van der Waals surface area contributed by atoms with E-state index in [0.717, 1.165) is 43.0 Å². The number of benzene rings is 1. The maximum Gasteiger partial charge on any atom is 0.253 e. The molecule has 2 aromatic rings. The highest BCUT2D eigenvalue weighted by Crippen LogP contribution is 2.41. The Bertz CT molecular complexity index is 977. The summed E-state index contributed by atoms with van der Waals surface area (Å²) in [7, 11) is 0. The molecule has 2 heterocycles. The van der Waals surface area contributed by atoms with Crippen molar-refractivity contribution in [3.8, 4) is 0 Å². The monoisotopic (exact) mass is 470 g/mol. The molecule has 8 nitrogen and oxygen atoms in total. The molecule has 2 amide bonds. The van der Waals surface area contributed by atoms with Gasteiger partial charge in [-0.1, -0.05) is 24.8 Å². The van der Waals surface area contributed by atoms with Gasteiger partial charge in [0, 0.05) is 43.5 Å². The van der Waals surface area contributed by atoms with Crippen molar-refractivity contribution in [2.75, 3.05) is 42.1 Å². The number of anilines is 2. The van der Waals surface area contributed by atoms with Crippen molar-refractivity contribution in [3.05, 3.63) is 29.8 Å². The SMILES string of the molecule is CCN(CC)C(=O)c1cccc(NC(=O)CSc2nnc(N3CCC(C)CC3)n2C2CC2)c1. The summed E-state index contributed by atoms with van der Waals surface area (Å²) < 4.78 is 2.23. The van der Waals surface area contributed by atoms with Gasteiger partial charge in [0.05, 0.1) is 5.75 Å². The molecule has 9 heteroatoms. The first-order valence-corrected chi connectivity index (χ1v) is 13.0. The molecule has 0 spiro atoms. The molecule has 1 saturated heterocycles. The van der Waals surface area contributed by atoms with Gasteiger partial charge in [-0.05, 0) is 63.6 Å². The number of piperidine rings is 1. The Kier molecular flexibility index (Phi) is 7.57. The summed E-state index contributed by atoms with van der Waals surface area (Å²) in [5, 5.41) is 12.7. The maximum atomic E-state index is 12.7. The van der Waals surface area contributed by atoms with Crippen LogP contribution in [0.1, 0.15) is 62.9 Å². The molecule has 0 atom stereocenters. The van der Waals surface area contributed by atoms with Crippen LogP contribution in [0.4, 0.5) is 11.6 Å². The Hall–Kier alpha value is -2.55. The largest absolute Gasteiger partial charge is 0.341 e. The second-order valence-electron chi connectivity index (χ2n) is 8.95. The summed E-state index contributed by atoms with van der Waals surface area (Å²) in [6, 6.07) is 7.58. The number of nitrogens with zero attached hydrogens (tertiary/aromatic N) is 5. The fourth-order valence-electron chi connectivity index (χ4n) is 4.19. The molecule has 4 rings (SSSR count). The Balaban J connectivity index is 1.38. The number of hydrogen-bond donors (Lipinski definition) is 1. The van der Waals surface area contributed by atoms with E-state index in [-0.39, 0.29) is 17.6 Å². The van der Waals surface area contributed by atoms with Gasteiger partial charge in [0.2, 0.25) is 11.9 Å². The molecule has 0 bridgehead atoms. The third-order valence-electron chi connectivity index (χ3n) is 6.40. The number of carbonyl (C=O) groups excluding carboxylic acids is 2. The lowest BCUT2D eigenvalue weighted by molar-refractivity contribution is -0.113. The fraction of sp³-hybridized carbons (Fsp3) is 0.583. The number of amides is 2. The summed E-state index contributed by atoms with van der Waals surface area (Å²) >= 11 is 1.43. The number of thioether (sulfide) groups is 1. The first kappa shape index (κ1) is 23.6. The highest BCUT2D eigenvalue weighted by atomic mass is 32.2. The van der Waals surface area contributed by atoms with Gasteiger partial charge in [-0.15, -0.1) is 10.2 Å². The van der Waals surface area contributed by atoms with Crippen molar-refractivity contribution in [2.24, 2.45) is 5.92 Å². The van der Waals surface area contributed by atoms with Gasteiger partial charge in [-0.2, -0.15) is 0 Å². The van der Waals surface area contributed by atoms with Gasteiger partial charge in [-0.3, -0.25) is 14.2 Å². The summed E-state index contributed by atoms with van der Waals surface area (Å²) in [5.41, 5.74) is 1.21. The average Bonchev–Trinajstić information content (AvgIpc) is 3.58. The zero-order valence-corrected chi connectivity index (χ0v) is 20.6. The molecule has 1 aromatic carbocycles. The van der Waals surface area contributed by atoms with Crippen LogP contribution in [-0.2, 0) is 4.79 Å². The summed E-state index contributed by atoms with van der Waals surface area (Å²) in [6.45, 7) is 9.56. The topological polar surface area (TPSA) is 83.4 Å². The first-order chi connectivity index (χ1) is 16.0. The van der Waals surface area contributed by atoms with Crippen molar-refractivity contribution in [1.82, 2.24) is 19.7 Å². The Morgan fingerprint density at radius 2 is 1.85 bits per heavy atom. The molecule has 0 radical (unpaired) electrons. The molecule has 33 heavy (non-hydrogen) atoms. The molecule has 1 aromatic heterocycles. The van der Waals surface area contributed by atoms with Crippen LogP contribution in [0, 0.1) is 5.92 Å². The predicted molar refractivity (Wildman–Crippen MR) is 132 cm³/mol. The lowest BCUT2D eigenvalue weighted by atomic mass is 10.00. The number of hydrogen-bond acceptors (Lipinski definition) is 6. The summed E-state index contributed by atoms with van der Waals surface area (Å²) in [5.74, 6) is 1.82. The van der Waals surface area contributed by atoms with Crippen LogP contribution < -0.4 is 10.2 Å². The first-order valence-electron chi connectivity index (χ1n) is 12.0. The minimum atomic E-state index is -0.119. The number of rotatable bonds is 9. The van der Waals surface area contributed by atoms with Gasteiger partial charge in [0.1, 0.15) is 0 Å². The quantitative estimate of drug-likeness (QED) is 0.557. The van der Waals surface area contributed by atoms with Gasteiger partial charge in [-0.25, -0.2) is 0 Å². The lowest BCUT2D eigenvalue weighted by Gasteiger charge is -2.31. The zero-order valence-electron chi connectivity index (χ0n) is 19.8. The van der Waals surface area contributed by atoms with E-state index in [9.17, 15) is 9.59 Å². The van der Waals surface area contributed by atoms with E-state index in [1.807, 2.05) is 19.9 Å². The minimum absolute atomic E-state index is 0.0253. The Morgan fingerprint density at radius 1 is 1.12 bits per heavy atom. The molecular formula is C24H34N6O2S. The Morgan fingerprint density at radius 3 is 2.52 bits per heavy atom. The molecule has 1 aliphatic heterocycles. The average molecular weight is 471 g/mol. The maximum absolute atomic E-state index is 12.7. The van der Waals surface area contributed by atoms with E-state index in [2.05, 4.69) is 31.9 Å². The van der Waals surface area contributed by atoms with E-state index in [1.165, 1.54) is 24.6 Å². The van der Waals surface area contributed by atoms with Crippen molar-refractivity contribution in [3.63, 3.8) is 0 Å². The van der Waals surface area contributed by atoms with Crippen LogP contribution in [0.15, 0.2) is 29.4 Å². The molecule has 1 N–H and O–H groups in total. The number of nitrogens with one attached hydrogen (secondary N) is 1. The molecule has 0 unspecified atom stereocenters. The van der Waals surface area contributed by atoms with Crippen LogP contribution >= 0.6 is 11.8 Å². The van der Waals surface area contributed by atoms with Crippen molar-refractivity contribution < 1.29 is 9.59 Å². The van der Waals surface area contributed by atoms with E-state index in [0.29, 0.717) is 30.4 Å². The van der Waals surface area contributed by atoms with Gasteiger partial charge < -0.3 is 15.1 Å². The molecule has 1 saturated carbocycles. The highest BCUT2D eigenvalue weighted by molar-refractivity contribution is 7.99. The van der Waals surface area contributed by atoms with Crippen LogP contribution in [0.3, 0.4) is 0 Å². The smallest absolute Gasteiger partial charge is 0.253 e. The van der Waals surface area contributed by atoms with Crippen molar-refractivity contribution in [2.45, 2.75) is 57.7 Å². The van der Waals surface area contributed by atoms with Crippen LogP contribution in [-0.4, -0.2) is 63.4 Å². The standard InChI is InChI=1S/C24H34N6O2S/c1-4-28(5-2)22(32)18-7-6-8-19(15-18)25-21(31)16-33-24-27-26-23(30(24)20-9-10-20)29-13-11-17(3)12-14-29/h6-8,15,17,20H,4-5,9-14,16H2,1-3H3,(H,25,31). The fourth-order valence-corrected chi connectivity index (χ4v) is 5.00. The summed E-state index contributed by atoms with van der Waals surface area (Å²) in [4.78, 5) is 29.4. The van der Waals surface area contributed by atoms with E-state index in [4.69, 9.17) is 0 Å². The van der Waals surface area contributed by atoms with Crippen LogP contribution in [0.25, 0.3) is 0 Å². The highest BCUT2D eigenvalue weighted by Gasteiger charge is 2.32. The molecule has 178 valence electrons. The van der Waals surface area contributed by atoms with Gasteiger partial charge >= 0.3 is 0 Å². The third kappa shape index (κ3) is 5.69. The molecular weight excluding hydrogens is 436 g/mol. The number of carbonyl (C=O) groups is 2.